The Bertz CT molecular complexity index is 244. The van der Waals surface area contributed by atoms with Crippen molar-refractivity contribution in [1.82, 2.24) is 0 Å². The highest BCUT2D eigenvalue weighted by Gasteiger charge is 2.28. The van der Waals surface area contributed by atoms with Gasteiger partial charge in [-0.3, -0.25) is 4.79 Å². The van der Waals surface area contributed by atoms with Crippen molar-refractivity contribution >= 4 is 5.78 Å². The highest BCUT2D eigenvalue weighted by atomic mass is 16.1. The second-order valence-electron chi connectivity index (χ2n) is 3.45. The van der Waals surface area contributed by atoms with Crippen LogP contribution in [0.3, 0.4) is 0 Å². The summed E-state index contributed by atoms with van der Waals surface area (Å²) in [5, 5.41) is 0. The SMILES string of the molecule is C=CC(=O)C(C)(C)C(=C)C(=C)C. The Morgan fingerprint density at radius 1 is 1.33 bits per heavy atom. The third-order valence-corrected chi connectivity index (χ3v) is 2.07. The van der Waals surface area contributed by atoms with Crippen molar-refractivity contribution in [2.24, 2.45) is 5.41 Å². The van der Waals surface area contributed by atoms with Crippen molar-refractivity contribution in [3.05, 3.63) is 37.0 Å². The normalized spacial score (nSPS) is 10.6. The smallest absolute Gasteiger partial charge is 0.165 e. The summed E-state index contributed by atoms with van der Waals surface area (Å²) in [5.41, 5.74) is 1.05. The Hall–Kier alpha value is -1.11. The Balaban J connectivity index is 4.84. The van der Waals surface area contributed by atoms with Gasteiger partial charge in [-0.05, 0) is 32.4 Å². The van der Waals surface area contributed by atoms with Gasteiger partial charge in [0.1, 0.15) is 0 Å². The molecule has 0 aromatic carbocycles. The minimum atomic E-state index is -0.562. The molecule has 0 saturated heterocycles. The lowest BCUT2D eigenvalue weighted by Gasteiger charge is -2.24. The third-order valence-electron chi connectivity index (χ3n) is 2.07. The average molecular weight is 164 g/mol. The Labute approximate surface area is 74.5 Å². The molecule has 0 bridgehead atoms. The van der Waals surface area contributed by atoms with E-state index in [-0.39, 0.29) is 5.78 Å². The van der Waals surface area contributed by atoms with Crippen LogP contribution in [0, 0.1) is 5.41 Å². The van der Waals surface area contributed by atoms with E-state index in [9.17, 15) is 4.79 Å². The van der Waals surface area contributed by atoms with Crippen LogP contribution < -0.4 is 0 Å². The number of carbonyl (C=O) groups excluding carboxylic acids is 1. The van der Waals surface area contributed by atoms with Gasteiger partial charge < -0.3 is 0 Å². The first kappa shape index (κ1) is 10.9. The second-order valence-corrected chi connectivity index (χ2v) is 3.45. The van der Waals surface area contributed by atoms with Crippen molar-refractivity contribution < 1.29 is 4.79 Å². The molecule has 0 fully saturated rings. The van der Waals surface area contributed by atoms with E-state index >= 15 is 0 Å². The molecule has 0 aliphatic heterocycles. The monoisotopic (exact) mass is 164 g/mol. The fourth-order valence-corrected chi connectivity index (χ4v) is 0.937. The predicted molar refractivity (Wildman–Crippen MR) is 52.9 cm³/mol. The maximum atomic E-state index is 11.4. The van der Waals surface area contributed by atoms with E-state index < -0.39 is 5.41 Å². The number of ketones is 1. The van der Waals surface area contributed by atoms with Crippen LogP contribution in [0.15, 0.2) is 37.0 Å². The molecule has 0 rings (SSSR count). The van der Waals surface area contributed by atoms with Crippen molar-refractivity contribution in [3.63, 3.8) is 0 Å². The number of rotatable bonds is 4. The Morgan fingerprint density at radius 2 is 1.75 bits per heavy atom. The first-order chi connectivity index (χ1) is 5.34. The average Bonchev–Trinajstić information content (AvgIpc) is 2.01. The van der Waals surface area contributed by atoms with Crippen LogP contribution in [0.2, 0.25) is 0 Å². The van der Waals surface area contributed by atoms with Crippen molar-refractivity contribution in [2.45, 2.75) is 20.8 Å². The van der Waals surface area contributed by atoms with E-state index in [2.05, 4.69) is 19.7 Å². The lowest BCUT2D eigenvalue weighted by molar-refractivity contribution is -0.120. The van der Waals surface area contributed by atoms with E-state index in [0.29, 0.717) is 0 Å². The molecule has 0 aromatic rings. The van der Waals surface area contributed by atoms with Gasteiger partial charge in [-0.2, -0.15) is 0 Å². The molecule has 0 saturated carbocycles. The van der Waals surface area contributed by atoms with Gasteiger partial charge in [0, 0.05) is 0 Å². The molecule has 0 amide bonds. The molecule has 0 heterocycles. The number of hydrogen-bond acceptors (Lipinski definition) is 1. The zero-order chi connectivity index (χ0) is 9.94. The molecule has 1 nitrogen and oxygen atoms in total. The molecule has 12 heavy (non-hydrogen) atoms. The fraction of sp³-hybridized carbons (Fsp3) is 0.364. The highest BCUT2D eigenvalue weighted by Crippen LogP contribution is 2.30. The van der Waals surface area contributed by atoms with Gasteiger partial charge in [0.05, 0.1) is 5.41 Å². The molecule has 1 heteroatoms. The summed E-state index contributed by atoms with van der Waals surface area (Å²) in [7, 11) is 0. The number of allylic oxidation sites excluding steroid dienone is 3. The van der Waals surface area contributed by atoms with E-state index in [1.54, 1.807) is 0 Å². The molecule has 0 N–H and O–H groups in total. The van der Waals surface area contributed by atoms with E-state index in [1.165, 1.54) is 6.08 Å². The summed E-state index contributed by atoms with van der Waals surface area (Å²) in [6.45, 7) is 16.5. The minimum Gasteiger partial charge on any atom is -0.294 e. The topological polar surface area (TPSA) is 17.1 Å². The quantitative estimate of drug-likeness (QED) is 0.461. The molecule has 66 valence electrons. The van der Waals surface area contributed by atoms with Crippen molar-refractivity contribution in [1.29, 1.82) is 0 Å². The van der Waals surface area contributed by atoms with Gasteiger partial charge in [0.15, 0.2) is 5.78 Å². The Kier molecular flexibility index (Phi) is 3.20. The molecule has 0 aromatic heterocycles. The van der Waals surface area contributed by atoms with Crippen molar-refractivity contribution in [2.75, 3.05) is 0 Å². The van der Waals surface area contributed by atoms with Crippen LogP contribution in [0.1, 0.15) is 20.8 Å². The molecule has 0 radical (unpaired) electrons. The van der Waals surface area contributed by atoms with E-state index in [4.69, 9.17) is 0 Å². The van der Waals surface area contributed by atoms with E-state index in [0.717, 1.165) is 11.1 Å². The third kappa shape index (κ3) is 1.94. The number of carbonyl (C=O) groups is 1. The molecule has 0 unspecified atom stereocenters. The zero-order valence-corrected chi connectivity index (χ0v) is 8.11. The summed E-state index contributed by atoms with van der Waals surface area (Å²) < 4.78 is 0. The second kappa shape index (κ2) is 3.53. The van der Waals surface area contributed by atoms with Gasteiger partial charge in [-0.15, -0.1) is 0 Å². The summed E-state index contributed by atoms with van der Waals surface area (Å²) in [6, 6.07) is 0. The van der Waals surface area contributed by atoms with Crippen LogP contribution in [-0.2, 0) is 4.79 Å². The largest absolute Gasteiger partial charge is 0.294 e. The molecular weight excluding hydrogens is 148 g/mol. The van der Waals surface area contributed by atoms with Crippen LogP contribution in [0.25, 0.3) is 0 Å². The summed E-state index contributed by atoms with van der Waals surface area (Å²) in [5.74, 6) is -0.0181. The standard InChI is InChI=1S/C11H16O/c1-7-10(12)11(5,6)9(4)8(2)3/h7H,1-2,4H2,3,5-6H3. The first-order valence-electron chi connectivity index (χ1n) is 3.86. The highest BCUT2D eigenvalue weighted by molar-refractivity contribution is 5.96. The van der Waals surface area contributed by atoms with Gasteiger partial charge in [-0.25, -0.2) is 0 Å². The van der Waals surface area contributed by atoms with Crippen molar-refractivity contribution in [3.8, 4) is 0 Å². The Morgan fingerprint density at radius 3 is 2.00 bits per heavy atom. The molecular formula is C11H16O. The molecule has 0 spiro atoms. The molecule has 0 aliphatic rings. The maximum absolute atomic E-state index is 11.4. The molecule has 0 aliphatic carbocycles. The molecule has 0 atom stereocenters. The lowest BCUT2D eigenvalue weighted by Crippen LogP contribution is -2.24. The number of hydrogen-bond donors (Lipinski definition) is 0. The maximum Gasteiger partial charge on any atom is 0.165 e. The van der Waals surface area contributed by atoms with Gasteiger partial charge in [0.25, 0.3) is 0 Å². The van der Waals surface area contributed by atoms with Gasteiger partial charge in [-0.1, -0.05) is 25.3 Å². The van der Waals surface area contributed by atoms with Gasteiger partial charge >= 0.3 is 0 Å². The summed E-state index contributed by atoms with van der Waals surface area (Å²) in [4.78, 5) is 11.4. The van der Waals surface area contributed by atoms with E-state index in [1.807, 2.05) is 20.8 Å². The first-order valence-corrected chi connectivity index (χ1v) is 3.86. The fourth-order valence-electron chi connectivity index (χ4n) is 0.937. The van der Waals surface area contributed by atoms with Crippen LogP contribution >= 0.6 is 0 Å². The zero-order valence-electron chi connectivity index (χ0n) is 8.11. The van der Waals surface area contributed by atoms with Gasteiger partial charge in [0.2, 0.25) is 0 Å². The van der Waals surface area contributed by atoms with Crippen LogP contribution in [0.4, 0.5) is 0 Å². The van der Waals surface area contributed by atoms with Crippen LogP contribution in [0.5, 0.6) is 0 Å². The minimum absolute atomic E-state index is 0.0181. The lowest BCUT2D eigenvalue weighted by atomic mass is 9.78. The van der Waals surface area contributed by atoms with Crippen LogP contribution in [-0.4, -0.2) is 5.78 Å². The summed E-state index contributed by atoms with van der Waals surface area (Å²) in [6.07, 6.45) is 1.33. The summed E-state index contributed by atoms with van der Waals surface area (Å²) >= 11 is 0. The predicted octanol–water partition coefficient (Wildman–Crippen LogP) is 2.90.